The third-order valence-corrected chi connectivity index (χ3v) is 1.38. The van der Waals surface area contributed by atoms with Crippen LogP contribution in [-0.2, 0) is 16.5 Å². The standard InChI is InChI=1S/C8H10N2O2.CH4O3S/c11-8(12)10-6-4-7-3-1-2-5-9-7;1-5(2,3)4/h1-3,5,10H,4,6H2,(H,11,12);1H3,(H,2,3,4). The van der Waals surface area contributed by atoms with Gasteiger partial charge in [0.05, 0.1) is 6.26 Å². The summed E-state index contributed by atoms with van der Waals surface area (Å²) in [6, 6.07) is 5.57. The molecule has 0 unspecified atom stereocenters. The Hall–Kier alpha value is -1.67. The highest BCUT2D eigenvalue weighted by molar-refractivity contribution is 7.85. The van der Waals surface area contributed by atoms with Gasteiger partial charge in [0, 0.05) is 24.9 Å². The van der Waals surface area contributed by atoms with E-state index in [-0.39, 0.29) is 0 Å². The molecule has 0 fully saturated rings. The van der Waals surface area contributed by atoms with Crippen LogP contribution in [0.25, 0.3) is 0 Å². The summed E-state index contributed by atoms with van der Waals surface area (Å²) in [4.78, 5) is 14.1. The van der Waals surface area contributed by atoms with Crippen LogP contribution in [0.3, 0.4) is 0 Å². The molecule has 1 rings (SSSR count). The zero-order chi connectivity index (χ0) is 13.3. The lowest BCUT2D eigenvalue weighted by molar-refractivity contribution is 0.194. The molecule has 7 nitrogen and oxygen atoms in total. The van der Waals surface area contributed by atoms with Crippen LogP contribution < -0.4 is 5.32 Å². The second-order valence-corrected chi connectivity index (χ2v) is 4.50. The van der Waals surface area contributed by atoms with Crippen LogP contribution in [0.5, 0.6) is 0 Å². The fourth-order valence-corrected chi connectivity index (χ4v) is 0.844. The molecule has 0 radical (unpaired) electrons. The molecule has 96 valence electrons. The summed E-state index contributed by atoms with van der Waals surface area (Å²) in [5.41, 5.74) is 0.895. The van der Waals surface area contributed by atoms with Gasteiger partial charge in [-0.2, -0.15) is 8.42 Å². The molecule has 0 atom stereocenters. The molecular formula is C9H14N2O5S. The van der Waals surface area contributed by atoms with Gasteiger partial charge in [-0.1, -0.05) is 6.07 Å². The molecule has 3 N–H and O–H groups in total. The van der Waals surface area contributed by atoms with Gasteiger partial charge < -0.3 is 10.4 Å². The third kappa shape index (κ3) is 14.3. The summed E-state index contributed by atoms with van der Waals surface area (Å²) in [5.74, 6) is 0. The molecule has 1 heterocycles. The summed E-state index contributed by atoms with van der Waals surface area (Å²) in [5, 5.41) is 10.5. The highest BCUT2D eigenvalue weighted by atomic mass is 32.2. The highest BCUT2D eigenvalue weighted by Gasteiger charge is 1.95. The van der Waals surface area contributed by atoms with Crippen molar-refractivity contribution in [3.63, 3.8) is 0 Å². The summed E-state index contributed by atoms with van der Waals surface area (Å²) < 4.78 is 25.9. The summed E-state index contributed by atoms with van der Waals surface area (Å²) in [7, 11) is -3.67. The van der Waals surface area contributed by atoms with Crippen LogP contribution in [0.4, 0.5) is 4.79 Å². The molecule has 17 heavy (non-hydrogen) atoms. The predicted molar refractivity (Wildman–Crippen MR) is 61.4 cm³/mol. The van der Waals surface area contributed by atoms with Crippen LogP contribution in [0.1, 0.15) is 5.69 Å². The van der Waals surface area contributed by atoms with Gasteiger partial charge in [-0.05, 0) is 12.1 Å². The van der Waals surface area contributed by atoms with E-state index in [4.69, 9.17) is 9.66 Å². The Balaban J connectivity index is 0.000000437. The number of nitrogens with one attached hydrogen (secondary N) is 1. The number of carboxylic acid groups (broad SMARTS) is 1. The zero-order valence-electron chi connectivity index (χ0n) is 9.20. The van der Waals surface area contributed by atoms with Crippen molar-refractivity contribution < 1.29 is 22.9 Å². The van der Waals surface area contributed by atoms with Crippen molar-refractivity contribution >= 4 is 16.2 Å². The number of pyridine rings is 1. The lowest BCUT2D eigenvalue weighted by Gasteiger charge is -1.99. The monoisotopic (exact) mass is 262 g/mol. The normalized spacial score (nSPS) is 10.0. The summed E-state index contributed by atoms with van der Waals surface area (Å²) >= 11 is 0. The van der Waals surface area contributed by atoms with Crippen molar-refractivity contribution in [2.75, 3.05) is 12.8 Å². The lowest BCUT2D eigenvalue weighted by Crippen LogP contribution is -2.23. The van der Waals surface area contributed by atoms with E-state index in [1.165, 1.54) is 0 Å². The van der Waals surface area contributed by atoms with Gasteiger partial charge in [-0.3, -0.25) is 9.54 Å². The fourth-order valence-electron chi connectivity index (χ4n) is 0.844. The van der Waals surface area contributed by atoms with Gasteiger partial charge >= 0.3 is 6.09 Å². The molecular weight excluding hydrogens is 248 g/mol. The first kappa shape index (κ1) is 15.3. The molecule has 0 aliphatic rings. The van der Waals surface area contributed by atoms with Crippen LogP contribution >= 0.6 is 0 Å². The average Bonchev–Trinajstić information content (AvgIpc) is 2.16. The molecule has 0 saturated heterocycles. The topological polar surface area (TPSA) is 117 Å². The van der Waals surface area contributed by atoms with E-state index in [0.717, 1.165) is 5.69 Å². The first-order valence-corrected chi connectivity index (χ1v) is 6.43. The minimum atomic E-state index is -3.67. The quantitative estimate of drug-likeness (QED) is 0.679. The van der Waals surface area contributed by atoms with E-state index in [2.05, 4.69) is 10.3 Å². The van der Waals surface area contributed by atoms with E-state index in [9.17, 15) is 13.2 Å². The fraction of sp³-hybridized carbons (Fsp3) is 0.333. The van der Waals surface area contributed by atoms with Gasteiger partial charge in [0.2, 0.25) is 0 Å². The van der Waals surface area contributed by atoms with Crippen LogP contribution in [0.2, 0.25) is 0 Å². The number of rotatable bonds is 3. The van der Waals surface area contributed by atoms with Gasteiger partial charge in [0.15, 0.2) is 0 Å². The maximum atomic E-state index is 10.1. The molecule has 0 aliphatic carbocycles. The van der Waals surface area contributed by atoms with Crippen molar-refractivity contribution in [2.24, 2.45) is 0 Å². The van der Waals surface area contributed by atoms with Crippen LogP contribution in [-0.4, -0.2) is 42.0 Å². The van der Waals surface area contributed by atoms with Crippen molar-refractivity contribution in [3.8, 4) is 0 Å². The highest BCUT2D eigenvalue weighted by Crippen LogP contribution is 1.92. The Bertz CT molecular complexity index is 424. The van der Waals surface area contributed by atoms with Crippen molar-refractivity contribution in [2.45, 2.75) is 6.42 Å². The van der Waals surface area contributed by atoms with Gasteiger partial charge in [0.1, 0.15) is 0 Å². The lowest BCUT2D eigenvalue weighted by atomic mass is 10.3. The number of nitrogens with zero attached hydrogens (tertiary/aromatic N) is 1. The molecule has 8 heteroatoms. The molecule has 0 aromatic carbocycles. The molecule has 0 aliphatic heterocycles. The van der Waals surface area contributed by atoms with E-state index in [0.29, 0.717) is 19.2 Å². The predicted octanol–water partition coefficient (Wildman–Crippen LogP) is 0.396. The number of carbonyl (C=O) groups is 1. The Morgan fingerprint density at radius 1 is 1.47 bits per heavy atom. The average molecular weight is 262 g/mol. The second-order valence-electron chi connectivity index (χ2n) is 3.04. The van der Waals surface area contributed by atoms with Crippen molar-refractivity contribution in [1.29, 1.82) is 0 Å². The largest absolute Gasteiger partial charge is 0.465 e. The summed E-state index contributed by atoms with van der Waals surface area (Å²) in [6.45, 7) is 0.409. The van der Waals surface area contributed by atoms with E-state index in [1.807, 2.05) is 18.2 Å². The molecule has 0 spiro atoms. The first-order valence-electron chi connectivity index (χ1n) is 4.58. The van der Waals surface area contributed by atoms with Crippen LogP contribution in [0, 0.1) is 0 Å². The maximum absolute atomic E-state index is 10.1. The minimum absolute atomic E-state index is 0.409. The summed E-state index contributed by atoms with van der Waals surface area (Å²) in [6.07, 6.45) is 2.04. The number of hydrogen-bond donors (Lipinski definition) is 3. The molecule has 0 saturated carbocycles. The Kier molecular flexibility index (Phi) is 6.83. The van der Waals surface area contributed by atoms with E-state index >= 15 is 0 Å². The van der Waals surface area contributed by atoms with Crippen molar-refractivity contribution in [1.82, 2.24) is 10.3 Å². The SMILES string of the molecule is CS(=O)(=O)O.O=C(O)NCCc1ccccn1. The number of hydrogen-bond acceptors (Lipinski definition) is 4. The van der Waals surface area contributed by atoms with E-state index in [1.54, 1.807) is 6.20 Å². The maximum Gasteiger partial charge on any atom is 0.404 e. The Morgan fingerprint density at radius 3 is 2.47 bits per heavy atom. The number of aromatic nitrogens is 1. The smallest absolute Gasteiger partial charge is 0.404 e. The first-order chi connectivity index (χ1) is 7.79. The molecule has 1 amide bonds. The van der Waals surface area contributed by atoms with Gasteiger partial charge in [0.25, 0.3) is 10.1 Å². The minimum Gasteiger partial charge on any atom is -0.465 e. The zero-order valence-corrected chi connectivity index (χ0v) is 10.0. The van der Waals surface area contributed by atoms with Gasteiger partial charge in [-0.25, -0.2) is 4.79 Å². The number of amides is 1. The molecule has 0 bridgehead atoms. The molecule has 1 aromatic rings. The Labute approximate surface area is 99.3 Å². The Morgan fingerprint density at radius 2 is 2.06 bits per heavy atom. The van der Waals surface area contributed by atoms with E-state index < -0.39 is 16.2 Å². The third-order valence-electron chi connectivity index (χ3n) is 1.38. The van der Waals surface area contributed by atoms with Crippen molar-refractivity contribution in [3.05, 3.63) is 30.1 Å². The molecule has 1 aromatic heterocycles. The van der Waals surface area contributed by atoms with Crippen LogP contribution in [0.15, 0.2) is 24.4 Å². The van der Waals surface area contributed by atoms with Gasteiger partial charge in [-0.15, -0.1) is 0 Å². The second kappa shape index (κ2) is 7.58.